The van der Waals surface area contributed by atoms with Crippen LogP contribution in [0.25, 0.3) is 0 Å². The molecule has 0 heterocycles. The molecule has 0 unspecified atom stereocenters. The van der Waals surface area contributed by atoms with Crippen LogP contribution in [0.1, 0.15) is 11.1 Å². The van der Waals surface area contributed by atoms with E-state index in [1.54, 1.807) is 0 Å². The predicted octanol–water partition coefficient (Wildman–Crippen LogP) is 4.12. The van der Waals surface area contributed by atoms with Crippen molar-refractivity contribution in [2.45, 2.75) is 6.18 Å². The number of benzene rings is 2. The zero-order valence-electron chi connectivity index (χ0n) is 13.9. The molecular weight excluding hydrogens is 392 g/mol. The lowest BCUT2D eigenvalue weighted by atomic mass is 10.1. The summed E-state index contributed by atoms with van der Waals surface area (Å²) in [6.07, 6.45) is -4.06. The van der Waals surface area contributed by atoms with Crippen molar-refractivity contribution in [3.8, 4) is 5.75 Å². The third-order valence-corrected chi connectivity index (χ3v) is 3.38. The molecule has 0 bridgehead atoms. The number of anilines is 1. The van der Waals surface area contributed by atoms with Crippen molar-refractivity contribution in [2.24, 2.45) is 5.10 Å². The number of nitro benzene ring substituents is 2. The van der Waals surface area contributed by atoms with Gasteiger partial charge in [0.1, 0.15) is 0 Å². The Balaban J connectivity index is 2.45. The van der Waals surface area contributed by atoms with Crippen molar-refractivity contribution in [3.05, 3.63) is 67.5 Å². The number of halogens is 4. The fraction of sp³-hybridized carbons (Fsp3) is 0.133. The van der Waals surface area contributed by atoms with Crippen LogP contribution in [0.2, 0.25) is 0 Å². The zero-order chi connectivity index (χ0) is 21.1. The molecule has 9 nitrogen and oxygen atoms in total. The van der Waals surface area contributed by atoms with E-state index in [0.29, 0.717) is 0 Å². The van der Waals surface area contributed by atoms with Crippen LogP contribution >= 0.6 is 0 Å². The van der Waals surface area contributed by atoms with Gasteiger partial charge < -0.3 is 4.74 Å². The SMILES string of the molecule is COc1ccc(/C=N\Nc2c([N+](=O)[O-])cc(C(F)(F)F)cc2[N+](=O)[O-])cc1F. The first-order chi connectivity index (χ1) is 13.0. The topological polar surface area (TPSA) is 120 Å². The van der Waals surface area contributed by atoms with E-state index < -0.39 is 44.5 Å². The second kappa shape index (κ2) is 7.85. The minimum absolute atomic E-state index is 0.0564. The zero-order valence-corrected chi connectivity index (χ0v) is 13.9. The van der Waals surface area contributed by atoms with Crippen molar-refractivity contribution in [1.82, 2.24) is 0 Å². The molecule has 0 spiro atoms. The average Bonchev–Trinajstić information content (AvgIpc) is 2.60. The highest BCUT2D eigenvalue weighted by molar-refractivity contribution is 5.82. The number of nitro groups is 2. The number of rotatable bonds is 6. The molecule has 148 valence electrons. The molecule has 2 rings (SSSR count). The molecule has 0 saturated carbocycles. The van der Waals surface area contributed by atoms with Crippen molar-refractivity contribution in [2.75, 3.05) is 12.5 Å². The summed E-state index contributed by atoms with van der Waals surface area (Å²) in [6.45, 7) is 0. The monoisotopic (exact) mass is 402 g/mol. The largest absolute Gasteiger partial charge is 0.494 e. The molecule has 1 N–H and O–H groups in total. The van der Waals surface area contributed by atoms with Crippen LogP contribution in [0.3, 0.4) is 0 Å². The van der Waals surface area contributed by atoms with Crippen LogP contribution in [0.15, 0.2) is 35.4 Å². The molecule has 13 heteroatoms. The van der Waals surface area contributed by atoms with Gasteiger partial charge in [0.2, 0.25) is 5.69 Å². The van der Waals surface area contributed by atoms with Gasteiger partial charge in [-0.15, -0.1) is 0 Å². The number of alkyl halides is 3. The number of nitrogens with one attached hydrogen (secondary N) is 1. The van der Waals surface area contributed by atoms with Gasteiger partial charge in [0.15, 0.2) is 11.6 Å². The quantitative estimate of drug-likeness (QED) is 0.336. The molecule has 0 fully saturated rings. The van der Waals surface area contributed by atoms with E-state index in [-0.39, 0.29) is 23.4 Å². The molecule has 0 saturated heterocycles. The third kappa shape index (κ3) is 4.49. The molecule has 0 aliphatic rings. The van der Waals surface area contributed by atoms with Crippen molar-refractivity contribution in [1.29, 1.82) is 0 Å². The Labute approximate surface area is 153 Å². The third-order valence-electron chi connectivity index (χ3n) is 3.38. The molecule has 0 aliphatic heterocycles. The van der Waals surface area contributed by atoms with E-state index >= 15 is 0 Å². The molecule has 0 aromatic heterocycles. The highest BCUT2D eigenvalue weighted by Crippen LogP contribution is 2.41. The van der Waals surface area contributed by atoms with E-state index in [4.69, 9.17) is 4.74 Å². The van der Waals surface area contributed by atoms with Gasteiger partial charge in [-0.05, 0) is 23.8 Å². The Morgan fingerprint density at radius 2 is 1.68 bits per heavy atom. The Bertz CT molecular complexity index is 927. The predicted molar refractivity (Wildman–Crippen MR) is 88.9 cm³/mol. The molecule has 2 aromatic carbocycles. The smallest absolute Gasteiger partial charge is 0.416 e. The van der Waals surface area contributed by atoms with Gasteiger partial charge in [0, 0.05) is 12.1 Å². The van der Waals surface area contributed by atoms with E-state index in [1.807, 2.05) is 5.43 Å². The number of nitrogens with zero attached hydrogens (tertiary/aromatic N) is 3. The van der Waals surface area contributed by atoms with E-state index in [1.165, 1.54) is 19.2 Å². The lowest BCUT2D eigenvalue weighted by molar-refractivity contribution is -0.392. The van der Waals surface area contributed by atoms with Gasteiger partial charge in [0.25, 0.3) is 0 Å². The van der Waals surface area contributed by atoms with Crippen LogP contribution in [0.5, 0.6) is 5.75 Å². The van der Waals surface area contributed by atoms with Gasteiger partial charge in [-0.3, -0.25) is 25.7 Å². The van der Waals surface area contributed by atoms with Crippen LogP contribution < -0.4 is 10.2 Å². The summed E-state index contributed by atoms with van der Waals surface area (Å²) in [5.41, 5.74) is -2.66. The van der Waals surface area contributed by atoms with Gasteiger partial charge in [0.05, 0.1) is 28.7 Å². The van der Waals surface area contributed by atoms with Gasteiger partial charge in [-0.25, -0.2) is 4.39 Å². The fourth-order valence-electron chi connectivity index (χ4n) is 2.11. The number of hydrazone groups is 1. The molecule has 0 radical (unpaired) electrons. The van der Waals surface area contributed by atoms with Gasteiger partial charge in [-0.2, -0.15) is 18.3 Å². The molecule has 28 heavy (non-hydrogen) atoms. The summed E-state index contributed by atoms with van der Waals surface area (Å²) in [6, 6.07) is 3.93. The fourth-order valence-corrected chi connectivity index (χ4v) is 2.11. The maximum absolute atomic E-state index is 13.6. The molecule has 0 aliphatic carbocycles. The Morgan fingerprint density at radius 3 is 2.11 bits per heavy atom. The minimum atomic E-state index is -5.03. The summed E-state index contributed by atoms with van der Waals surface area (Å²) in [5, 5.41) is 25.7. The Hall–Kier alpha value is -3.77. The van der Waals surface area contributed by atoms with E-state index in [2.05, 4.69) is 5.10 Å². The van der Waals surface area contributed by atoms with E-state index in [0.717, 1.165) is 12.3 Å². The van der Waals surface area contributed by atoms with Crippen LogP contribution in [0, 0.1) is 26.0 Å². The summed E-state index contributed by atoms with van der Waals surface area (Å²) in [5.74, 6) is -0.794. The number of hydrogen-bond acceptors (Lipinski definition) is 7. The highest BCUT2D eigenvalue weighted by atomic mass is 19.4. The second-order valence-electron chi connectivity index (χ2n) is 5.17. The van der Waals surface area contributed by atoms with Crippen molar-refractivity contribution >= 4 is 23.3 Å². The molecule has 0 atom stereocenters. The first kappa shape index (κ1) is 20.5. The Kier molecular flexibility index (Phi) is 5.76. The van der Waals surface area contributed by atoms with Crippen LogP contribution in [-0.2, 0) is 6.18 Å². The maximum Gasteiger partial charge on any atom is 0.416 e. The molecule has 0 amide bonds. The van der Waals surface area contributed by atoms with Crippen molar-refractivity contribution < 1.29 is 32.1 Å². The van der Waals surface area contributed by atoms with Crippen molar-refractivity contribution in [3.63, 3.8) is 0 Å². The number of hydrogen-bond donors (Lipinski definition) is 1. The number of methoxy groups -OCH3 is 1. The van der Waals surface area contributed by atoms with E-state index in [9.17, 15) is 37.8 Å². The standard InChI is InChI=1S/C15H10F4N4O5/c1-28-13-3-2-8(4-10(13)16)7-20-21-14-11(22(24)25)5-9(15(17,18)19)6-12(14)23(26)27/h2-7,21H,1H3/b20-7-. The highest BCUT2D eigenvalue weighted by Gasteiger charge is 2.37. The average molecular weight is 402 g/mol. The number of ether oxygens (including phenoxy) is 1. The molecular formula is C15H10F4N4O5. The van der Waals surface area contributed by atoms with Gasteiger partial charge in [-0.1, -0.05) is 0 Å². The first-order valence-corrected chi connectivity index (χ1v) is 7.21. The summed E-state index contributed by atoms with van der Waals surface area (Å²) in [4.78, 5) is 19.7. The second-order valence-corrected chi connectivity index (χ2v) is 5.17. The van der Waals surface area contributed by atoms with Crippen LogP contribution in [0.4, 0.5) is 34.6 Å². The molecule has 2 aromatic rings. The van der Waals surface area contributed by atoms with Gasteiger partial charge >= 0.3 is 17.6 Å². The maximum atomic E-state index is 13.6. The summed E-state index contributed by atoms with van der Waals surface area (Å²) < 4.78 is 56.8. The Morgan fingerprint density at radius 1 is 1.11 bits per heavy atom. The lowest BCUT2D eigenvalue weighted by Crippen LogP contribution is -2.09. The minimum Gasteiger partial charge on any atom is -0.494 e. The van der Waals surface area contributed by atoms with Crippen LogP contribution in [-0.4, -0.2) is 23.2 Å². The normalized spacial score (nSPS) is 11.5. The summed E-state index contributed by atoms with van der Waals surface area (Å²) >= 11 is 0. The lowest BCUT2D eigenvalue weighted by Gasteiger charge is -2.09. The summed E-state index contributed by atoms with van der Waals surface area (Å²) in [7, 11) is 1.25. The first-order valence-electron chi connectivity index (χ1n) is 7.21.